The standard InChI is InChI=1S/C24H17F3N2O4/c1-2-33-19-10-7-13(12-29-23(31)14-5-3-4-6-15(14)24(29)32)11-16(19)22(30)28-18-9-8-17(25)20(26)21(18)27/h3-11H,2,12H2,1H3,(H,28,30). The predicted molar refractivity (Wildman–Crippen MR) is 113 cm³/mol. The predicted octanol–water partition coefficient (Wildman–Crippen LogP) is 4.55. The Hall–Kier alpha value is -4.14. The lowest BCUT2D eigenvalue weighted by Crippen LogP contribution is -2.29. The molecule has 0 atom stereocenters. The lowest BCUT2D eigenvalue weighted by atomic mass is 10.1. The van der Waals surface area contributed by atoms with E-state index in [0.29, 0.717) is 22.8 Å². The molecule has 9 heteroatoms. The fourth-order valence-electron chi connectivity index (χ4n) is 3.51. The summed E-state index contributed by atoms with van der Waals surface area (Å²) in [5.41, 5.74) is 0.437. The van der Waals surface area contributed by atoms with Crippen molar-refractivity contribution in [1.82, 2.24) is 4.90 Å². The van der Waals surface area contributed by atoms with Crippen LogP contribution in [0.3, 0.4) is 0 Å². The molecule has 0 radical (unpaired) electrons. The lowest BCUT2D eigenvalue weighted by molar-refractivity contribution is 0.0642. The van der Waals surface area contributed by atoms with Crippen LogP contribution in [0.15, 0.2) is 54.6 Å². The molecule has 3 aromatic carbocycles. The Balaban J connectivity index is 1.63. The van der Waals surface area contributed by atoms with Crippen LogP contribution in [0.4, 0.5) is 18.9 Å². The number of halogens is 3. The third-order valence-electron chi connectivity index (χ3n) is 5.09. The van der Waals surface area contributed by atoms with Crippen molar-refractivity contribution in [1.29, 1.82) is 0 Å². The summed E-state index contributed by atoms with van der Waals surface area (Å²) in [6.45, 7) is 1.81. The Kier molecular flexibility index (Phi) is 5.87. The first-order valence-corrected chi connectivity index (χ1v) is 9.97. The zero-order chi connectivity index (χ0) is 23.7. The van der Waals surface area contributed by atoms with Crippen LogP contribution in [0.25, 0.3) is 0 Å². The molecule has 0 spiro atoms. The zero-order valence-electron chi connectivity index (χ0n) is 17.3. The minimum atomic E-state index is -1.71. The Morgan fingerprint density at radius 1 is 0.939 bits per heavy atom. The highest BCUT2D eigenvalue weighted by molar-refractivity contribution is 6.21. The molecule has 3 aromatic rings. The highest BCUT2D eigenvalue weighted by atomic mass is 19.2. The first-order chi connectivity index (χ1) is 15.8. The summed E-state index contributed by atoms with van der Waals surface area (Å²) in [6, 6.07) is 12.5. The van der Waals surface area contributed by atoms with Gasteiger partial charge in [-0.3, -0.25) is 19.3 Å². The monoisotopic (exact) mass is 454 g/mol. The van der Waals surface area contributed by atoms with E-state index >= 15 is 0 Å². The molecule has 0 saturated heterocycles. The molecule has 1 N–H and O–H groups in total. The second kappa shape index (κ2) is 8.78. The van der Waals surface area contributed by atoms with Crippen molar-refractivity contribution in [2.75, 3.05) is 11.9 Å². The molecular weight excluding hydrogens is 437 g/mol. The van der Waals surface area contributed by atoms with Gasteiger partial charge in [0, 0.05) is 0 Å². The smallest absolute Gasteiger partial charge is 0.261 e. The largest absolute Gasteiger partial charge is 0.493 e. The maximum atomic E-state index is 14.0. The number of hydrogen-bond donors (Lipinski definition) is 1. The molecule has 0 unspecified atom stereocenters. The number of anilines is 1. The fraction of sp³-hybridized carbons (Fsp3) is 0.125. The summed E-state index contributed by atoms with van der Waals surface area (Å²) in [4.78, 5) is 39.1. The van der Waals surface area contributed by atoms with Gasteiger partial charge in [-0.15, -0.1) is 0 Å². The van der Waals surface area contributed by atoms with Gasteiger partial charge in [-0.1, -0.05) is 18.2 Å². The van der Waals surface area contributed by atoms with Gasteiger partial charge in [0.05, 0.1) is 35.5 Å². The maximum Gasteiger partial charge on any atom is 0.261 e. The molecule has 1 aliphatic heterocycles. The summed E-state index contributed by atoms with van der Waals surface area (Å²) >= 11 is 0. The number of carbonyl (C=O) groups is 3. The molecule has 1 aliphatic rings. The third kappa shape index (κ3) is 4.05. The van der Waals surface area contributed by atoms with Crippen LogP contribution in [-0.2, 0) is 6.54 Å². The number of rotatable bonds is 6. The minimum absolute atomic E-state index is 0.0323. The van der Waals surface area contributed by atoms with Crippen molar-refractivity contribution in [3.05, 3.63) is 94.3 Å². The average molecular weight is 454 g/mol. The van der Waals surface area contributed by atoms with Crippen molar-refractivity contribution in [3.63, 3.8) is 0 Å². The average Bonchev–Trinajstić information content (AvgIpc) is 3.05. The number of carbonyl (C=O) groups excluding carboxylic acids is 3. The summed E-state index contributed by atoms with van der Waals surface area (Å²) in [7, 11) is 0. The van der Waals surface area contributed by atoms with Crippen LogP contribution in [0.5, 0.6) is 5.75 Å². The van der Waals surface area contributed by atoms with Gasteiger partial charge in [-0.25, -0.2) is 13.2 Å². The highest BCUT2D eigenvalue weighted by Crippen LogP contribution is 2.28. The summed E-state index contributed by atoms with van der Waals surface area (Å²) in [6.07, 6.45) is 0. The molecule has 0 saturated carbocycles. The van der Waals surface area contributed by atoms with Gasteiger partial charge in [-0.2, -0.15) is 0 Å². The van der Waals surface area contributed by atoms with E-state index in [4.69, 9.17) is 4.74 Å². The number of imide groups is 1. The number of nitrogens with one attached hydrogen (secondary N) is 1. The number of ether oxygens (including phenoxy) is 1. The molecule has 33 heavy (non-hydrogen) atoms. The Labute approximate surface area is 186 Å². The van der Waals surface area contributed by atoms with Crippen LogP contribution in [0, 0.1) is 17.5 Å². The molecule has 4 rings (SSSR count). The van der Waals surface area contributed by atoms with Crippen molar-refractivity contribution in [3.8, 4) is 5.75 Å². The van der Waals surface area contributed by atoms with Crippen molar-refractivity contribution >= 4 is 23.4 Å². The van der Waals surface area contributed by atoms with E-state index in [2.05, 4.69) is 5.32 Å². The Morgan fingerprint density at radius 3 is 2.24 bits per heavy atom. The van der Waals surface area contributed by atoms with E-state index in [0.717, 1.165) is 11.0 Å². The topological polar surface area (TPSA) is 75.7 Å². The lowest BCUT2D eigenvalue weighted by Gasteiger charge is -2.16. The van der Waals surface area contributed by atoms with Gasteiger partial charge in [0.1, 0.15) is 5.75 Å². The molecule has 0 aliphatic carbocycles. The molecule has 6 nitrogen and oxygen atoms in total. The van der Waals surface area contributed by atoms with Gasteiger partial charge in [0.15, 0.2) is 17.5 Å². The molecule has 168 valence electrons. The van der Waals surface area contributed by atoms with Crippen molar-refractivity contribution < 1.29 is 32.3 Å². The number of nitrogens with zero attached hydrogens (tertiary/aromatic N) is 1. The van der Waals surface area contributed by atoms with Crippen LogP contribution in [-0.4, -0.2) is 29.2 Å². The Morgan fingerprint density at radius 2 is 1.61 bits per heavy atom. The van der Waals surface area contributed by atoms with E-state index in [1.807, 2.05) is 0 Å². The van der Waals surface area contributed by atoms with Gasteiger partial charge < -0.3 is 10.1 Å². The number of hydrogen-bond acceptors (Lipinski definition) is 4. The molecule has 0 bridgehead atoms. The van der Waals surface area contributed by atoms with Gasteiger partial charge in [-0.05, 0) is 48.9 Å². The number of benzene rings is 3. The normalized spacial score (nSPS) is 12.7. The van der Waals surface area contributed by atoms with Crippen LogP contribution in [0.1, 0.15) is 43.6 Å². The van der Waals surface area contributed by atoms with Gasteiger partial charge >= 0.3 is 0 Å². The summed E-state index contributed by atoms with van der Waals surface area (Å²) in [5, 5.41) is 2.20. The van der Waals surface area contributed by atoms with Gasteiger partial charge in [0.25, 0.3) is 17.7 Å². The highest BCUT2D eigenvalue weighted by Gasteiger charge is 2.35. The summed E-state index contributed by atoms with van der Waals surface area (Å²) < 4.78 is 46.2. The van der Waals surface area contributed by atoms with E-state index in [9.17, 15) is 27.6 Å². The van der Waals surface area contributed by atoms with E-state index in [1.165, 1.54) is 12.1 Å². The maximum absolute atomic E-state index is 14.0. The van der Waals surface area contributed by atoms with E-state index in [-0.39, 0.29) is 24.5 Å². The first kappa shape index (κ1) is 22.1. The molecule has 3 amide bonds. The molecular formula is C24H17F3N2O4. The molecule has 1 heterocycles. The SMILES string of the molecule is CCOc1ccc(CN2C(=O)c3ccccc3C2=O)cc1C(=O)Nc1ccc(F)c(F)c1F. The van der Waals surface area contributed by atoms with E-state index in [1.54, 1.807) is 37.3 Å². The van der Waals surface area contributed by atoms with Crippen LogP contribution < -0.4 is 10.1 Å². The van der Waals surface area contributed by atoms with Crippen LogP contribution in [0.2, 0.25) is 0 Å². The Bertz CT molecular complexity index is 1260. The first-order valence-electron chi connectivity index (χ1n) is 9.97. The quantitative estimate of drug-likeness (QED) is 0.438. The second-order valence-electron chi connectivity index (χ2n) is 7.18. The van der Waals surface area contributed by atoms with Gasteiger partial charge in [0.2, 0.25) is 0 Å². The van der Waals surface area contributed by atoms with Crippen molar-refractivity contribution in [2.45, 2.75) is 13.5 Å². The fourth-order valence-corrected chi connectivity index (χ4v) is 3.51. The number of amides is 3. The zero-order valence-corrected chi connectivity index (χ0v) is 17.3. The minimum Gasteiger partial charge on any atom is -0.493 e. The molecule has 0 fully saturated rings. The second-order valence-corrected chi connectivity index (χ2v) is 7.18. The van der Waals surface area contributed by atoms with E-state index < -0.39 is 40.9 Å². The summed E-state index contributed by atoms with van der Waals surface area (Å²) in [5.74, 6) is -6.24. The number of fused-ring (bicyclic) bond motifs is 1. The van der Waals surface area contributed by atoms with Crippen LogP contribution >= 0.6 is 0 Å². The third-order valence-corrected chi connectivity index (χ3v) is 5.09. The molecule has 0 aromatic heterocycles. The van der Waals surface area contributed by atoms with Crippen molar-refractivity contribution in [2.24, 2.45) is 0 Å².